The molecular weight excluding hydrogens is 445 g/mol. The summed E-state index contributed by atoms with van der Waals surface area (Å²) in [5, 5.41) is 4.45. The number of hydrogen-bond donors (Lipinski definition) is 2. The molecule has 1 aromatic carbocycles. The topological polar surface area (TPSA) is 64.3 Å². The van der Waals surface area contributed by atoms with Crippen LogP contribution in [0.1, 0.15) is 55.6 Å². The molecule has 1 saturated heterocycles. The van der Waals surface area contributed by atoms with Crippen molar-refractivity contribution in [2.45, 2.75) is 56.5 Å². The number of amides is 1. The van der Waals surface area contributed by atoms with Crippen molar-refractivity contribution in [3.05, 3.63) is 46.5 Å². The SMILES string of the molecule is O=C(NC1CCC(CCN2CCN(c3cccc(Cl)c3Cl)C3(CC3)C2)CC1)c1ncc[nH]1. The van der Waals surface area contributed by atoms with Gasteiger partial charge in [0, 0.05) is 38.1 Å². The molecule has 1 aromatic heterocycles. The predicted octanol–water partition coefficient (Wildman–Crippen LogP) is 4.75. The maximum atomic E-state index is 12.2. The third-order valence-corrected chi connectivity index (χ3v) is 8.34. The van der Waals surface area contributed by atoms with E-state index in [1.807, 2.05) is 12.1 Å². The molecule has 2 heterocycles. The van der Waals surface area contributed by atoms with Gasteiger partial charge in [-0.2, -0.15) is 0 Å². The summed E-state index contributed by atoms with van der Waals surface area (Å²) in [6.45, 7) is 4.35. The Kier molecular flexibility index (Phi) is 6.37. The molecule has 2 saturated carbocycles. The van der Waals surface area contributed by atoms with Gasteiger partial charge in [0.2, 0.25) is 0 Å². The van der Waals surface area contributed by atoms with Crippen LogP contribution in [0.15, 0.2) is 30.6 Å². The van der Waals surface area contributed by atoms with Crippen LogP contribution >= 0.6 is 23.2 Å². The third kappa shape index (κ3) is 4.63. The number of nitrogens with zero attached hydrogens (tertiary/aromatic N) is 3. The summed E-state index contributed by atoms with van der Waals surface area (Å²) >= 11 is 12.8. The highest BCUT2D eigenvalue weighted by molar-refractivity contribution is 6.43. The number of aromatic nitrogens is 2. The summed E-state index contributed by atoms with van der Waals surface area (Å²) in [6, 6.07) is 6.23. The smallest absolute Gasteiger partial charge is 0.287 e. The maximum absolute atomic E-state index is 12.2. The molecule has 0 unspecified atom stereocenters. The lowest BCUT2D eigenvalue weighted by atomic mass is 9.84. The monoisotopic (exact) mass is 475 g/mol. The quantitative estimate of drug-likeness (QED) is 0.632. The third-order valence-electron chi connectivity index (χ3n) is 7.53. The Morgan fingerprint density at radius 1 is 1.19 bits per heavy atom. The predicted molar refractivity (Wildman–Crippen MR) is 129 cm³/mol. The number of hydrogen-bond acceptors (Lipinski definition) is 4. The Labute approximate surface area is 199 Å². The fourth-order valence-corrected chi connectivity index (χ4v) is 5.90. The molecule has 2 aliphatic carbocycles. The Morgan fingerprint density at radius 3 is 2.72 bits per heavy atom. The second-order valence-electron chi connectivity index (χ2n) is 9.64. The highest BCUT2D eigenvalue weighted by Gasteiger charge is 2.51. The van der Waals surface area contributed by atoms with E-state index in [1.165, 1.54) is 32.1 Å². The van der Waals surface area contributed by atoms with Crippen LogP contribution in [-0.4, -0.2) is 58.5 Å². The number of nitrogens with one attached hydrogen (secondary N) is 2. The number of halogens is 2. The fraction of sp³-hybridized carbons (Fsp3) is 0.583. The highest BCUT2D eigenvalue weighted by atomic mass is 35.5. The van der Waals surface area contributed by atoms with Gasteiger partial charge in [-0.1, -0.05) is 29.3 Å². The van der Waals surface area contributed by atoms with Gasteiger partial charge in [0.1, 0.15) is 0 Å². The standard InChI is InChI=1S/C24H31Cl2N5O/c25-19-2-1-3-20(21(19)26)31-15-14-30(16-24(31)9-10-24)13-8-17-4-6-18(7-5-17)29-23(32)22-27-11-12-28-22/h1-3,11-12,17-18H,4-10,13-16H2,(H,27,28)(H,29,32). The number of carbonyl (C=O) groups excluding carboxylic acids is 1. The van der Waals surface area contributed by atoms with Gasteiger partial charge >= 0.3 is 0 Å². The van der Waals surface area contributed by atoms with Crippen LogP contribution in [0.4, 0.5) is 5.69 Å². The number of H-pyrrole nitrogens is 1. The van der Waals surface area contributed by atoms with Crippen molar-refractivity contribution in [2.75, 3.05) is 31.1 Å². The summed E-state index contributed by atoms with van der Waals surface area (Å²) in [5.74, 6) is 1.06. The molecule has 32 heavy (non-hydrogen) atoms. The van der Waals surface area contributed by atoms with E-state index < -0.39 is 0 Å². The largest absolute Gasteiger partial charge is 0.362 e. The van der Waals surface area contributed by atoms with E-state index in [9.17, 15) is 4.79 Å². The highest BCUT2D eigenvalue weighted by Crippen LogP contribution is 2.49. The van der Waals surface area contributed by atoms with Gasteiger partial charge < -0.3 is 15.2 Å². The van der Waals surface area contributed by atoms with Gasteiger partial charge in [0.05, 0.1) is 21.3 Å². The zero-order valence-electron chi connectivity index (χ0n) is 18.3. The number of aromatic amines is 1. The summed E-state index contributed by atoms with van der Waals surface area (Å²) in [6.07, 6.45) is 11.5. The lowest BCUT2D eigenvalue weighted by Gasteiger charge is -2.44. The average Bonchev–Trinajstić information content (AvgIpc) is 3.33. The molecule has 0 bridgehead atoms. The first-order valence-corrected chi connectivity index (χ1v) is 12.5. The molecule has 1 amide bonds. The van der Waals surface area contributed by atoms with Crippen molar-refractivity contribution in [1.29, 1.82) is 0 Å². The lowest BCUT2D eigenvalue weighted by Crippen LogP contribution is -2.55. The number of rotatable bonds is 6. The van der Waals surface area contributed by atoms with E-state index in [0.717, 1.165) is 50.6 Å². The van der Waals surface area contributed by atoms with Gasteiger partial charge in [0.15, 0.2) is 5.82 Å². The van der Waals surface area contributed by atoms with E-state index in [-0.39, 0.29) is 17.5 Å². The first-order valence-electron chi connectivity index (χ1n) is 11.8. The van der Waals surface area contributed by atoms with Gasteiger partial charge in [-0.3, -0.25) is 9.69 Å². The molecular formula is C24H31Cl2N5O. The first kappa shape index (κ1) is 22.1. The van der Waals surface area contributed by atoms with E-state index >= 15 is 0 Å². The fourth-order valence-electron chi connectivity index (χ4n) is 5.50. The number of piperazine rings is 1. The van der Waals surface area contributed by atoms with Gasteiger partial charge in [-0.25, -0.2) is 4.98 Å². The van der Waals surface area contributed by atoms with E-state index in [2.05, 4.69) is 31.2 Å². The Bertz CT molecular complexity index is 938. The van der Waals surface area contributed by atoms with Crippen molar-refractivity contribution in [3.63, 3.8) is 0 Å². The molecule has 0 atom stereocenters. The molecule has 8 heteroatoms. The van der Waals surface area contributed by atoms with Crippen LogP contribution in [0.3, 0.4) is 0 Å². The molecule has 2 N–H and O–H groups in total. The summed E-state index contributed by atoms with van der Waals surface area (Å²) in [7, 11) is 0. The second-order valence-corrected chi connectivity index (χ2v) is 10.4. The zero-order chi connectivity index (χ0) is 22.1. The van der Waals surface area contributed by atoms with E-state index in [4.69, 9.17) is 23.2 Å². The van der Waals surface area contributed by atoms with Crippen LogP contribution in [-0.2, 0) is 0 Å². The average molecular weight is 476 g/mol. The summed E-state index contributed by atoms with van der Waals surface area (Å²) < 4.78 is 0. The summed E-state index contributed by atoms with van der Waals surface area (Å²) in [4.78, 5) is 24.3. The van der Waals surface area contributed by atoms with Gasteiger partial charge in [-0.15, -0.1) is 0 Å². The molecule has 5 rings (SSSR count). The summed E-state index contributed by atoms with van der Waals surface area (Å²) in [5.41, 5.74) is 1.33. The van der Waals surface area contributed by atoms with Crippen molar-refractivity contribution >= 4 is 34.8 Å². The number of carbonyl (C=O) groups is 1. The van der Waals surface area contributed by atoms with Crippen LogP contribution in [0.5, 0.6) is 0 Å². The van der Waals surface area contributed by atoms with Crippen molar-refractivity contribution in [1.82, 2.24) is 20.2 Å². The lowest BCUT2D eigenvalue weighted by molar-refractivity contribution is 0.0909. The van der Waals surface area contributed by atoms with Crippen LogP contribution in [0.25, 0.3) is 0 Å². The second kappa shape index (κ2) is 9.24. The molecule has 6 nitrogen and oxygen atoms in total. The number of anilines is 1. The van der Waals surface area contributed by atoms with Gasteiger partial charge in [0.25, 0.3) is 5.91 Å². The number of benzene rings is 1. The minimum atomic E-state index is -0.0918. The minimum absolute atomic E-state index is 0.0918. The molecule has 1 aliphatic heterocycles. The maximum Gasteiger partial charge on any atom is 0.287 e. The molecule has 1 spiro atoms. The molecule has 2 aromatic rings. The van der Waals surface area contributed by atoms with Crippen molar-refractivity contribution in [2.24, 2.45) is 5.92 Å². The zero-order valence-corrected chi connectivity index (χ0v) is 19.8. The van der Waals surface area contributed by atoms with Crippen LogP contribution in [0.2, 0.25) is 10.0 Å². The van der Waals surface area contributed by atoms with Gasteiger partial charge in [-0.05, 0) is 69.5 Å². The Hall–Kier alpha value is -1.76. The van der Waals surface area contributed by atoms with Crippen LogP contribution in [0, 0.1) is 5.92 Å². The minimum Gasteiger partial charge on any atom is -0.362 e. The molecule has 3 aliphatic rings. The number of imidazole rings is 1. The normalized spacial score (nSPS) is 25.1. The molecule has 3 fully saturated rings. The first-order chi connectivity index (χ1) is 15.5. The van der Waals surface area contributed by atoms with E-state index in [1.54, 1.807) is 12.4 Å². The Balaban J connectivity index is 1.08. The van der Waals surface area contributed by atoms with Crippen molar-refractivity contribution in [3.8, 4) is 0 Å². The van der Waals surface area contributed by atoms with E-state index in [0.29, 0.717) is 15.9 Å². The Morgan fingerprint density at radius 2 is 2.00 bits per heavy atom. The van der Waals surface area contributed by atoms with Crippen LogP contribution < -0.4 is 10.2 Å². The molecule has 0 radical (unpaired) electrons. The molecule has 172 valence electrons. The van der Waals surface area contributed by atoms with Crippen molar-refractivity contribution < 1.29 is 4.79 Å².